The number of aliphatic carboxylic acids is 1. The number of rotatable bonds is 5. The van der Waals surface area contributed by atoms with Gasteiger partial charge < -0.3 is 19.9 Å². The van der Waals surface area contributed by atoms with E-state index in [4.69, 9.17) is 14.6 Å². The predicted octanol–water partition coefficient (Wildman–Crippen LogP) is 1.90. The van der Waals surface area contributed by atoms with Crippen LogP contribution >= 0.6 is 0 Å². The standard InChI is InChI=1S/C16H19NO5/c18-15(11-5-6-12(11)16(19)20)17-13-3-1-2-4-14(13)22-10-7-8-21-9-10/h1-4,10-12H,5-9H2,(H,17,18)(H,19,20). The van der Waals surface area contributed by atoms with Gasteiger partial charge in [-0.3, -0.25) is 9.59 Å². The first-order valence-corrected chi connectivity index (χ1v) is 7.52. The van der Waals surface area contributed by atoms with Gasteiger partial charge >= 0.3 is 5.97 Å². The average Bonchev–Trinajstić information content (AvgIpc) is 2.92. The Bertz CT molecular complexity index is 567. The van der Waals surface area contributed by atoms with Gasteiger partial charge in [-0.1, -0.05) is 12.1 Å². The normalized spacial score (nSPS) is 27.0. The average molecular weight is 305 g/mol. The Morgan fingerprint density at radius 1 is 1.18 bits per heavy atom. The molecule has 1 amide bonds. The fourth-order valence-corrected chi connectivity index (χ4v) is 2.79. The summed E-state index contributed by atoms with van der Waals surface area (Å²) in [6.45, 7) is 1.23. The number of hydrogen-bond acceptors (Lipinski definition) is 4. The van der Waals surface area contributed by atoms with Gasteiger partial charge in [0.05, 0.1) is 30.7 Å². The predicted molar refractivity (Wildman–Crippen MR) is 78.8 cm³/mol. The van der Waals surface area contributed by atoms with E-state index in [0.29, 0.717) is 37.5 Å². The smallest absolute Gasteiger partial charge is 0.307 e. The fourth-order valence-electron chi connectivity index (χ4n) is 2.79. The summed E-state index contributed by atoms with van der Waals surface area (Å²) in [6.07, 6.45) is 1.99. The highest BCUT2D eigenvalue weighted by Crippen LogP contribution is 2.36. The molecule has 118 valence electrons. The number of hydrogen-bond donors (Lipinski definition) is 2. The first kappa shape index (κ1) is 14.8. The molecule has 1 saturated heterocycles. The monoisotopic (exact) mass is 305 g/mol. The summed E-state index contributed by atoms with van der Waals surface area (Å²) in [4.78, 5) is 23.3. The van der Waals surface area contributed by atoms with Crippen LogP contribution in [0.15, 0.2) is 24.3 Å². The molecule has 1 heterocycles. The van der Waals surface area contributed by atoms with Gasteiger partial charge in [0.25, 0.3) is 0 Å². The third kappa shape index (κ3) is 3.06. The molecule has 0 bridgehead atoms. The number of para-hydroxylation sites is 2. The van der Waals surface area contributed by atoms with E-state index in [9.17, 15) is 9.59 Å². The lowest BCUT2D eigenvalue weighted by Gasteiger charge is -2.32. The Kier molecular flexibility index (Phi) is 4.29. The van der Waals surface area contributed by atoms with E-state index in [2.05, 4.69) is 5.32 Å². The Morgan fingerprint density at radius 2 is 1.95 bits per heavy atom. The number of carboxylic acids is 1. The van der Waals surface area contributed by atoms with Crippen LogP contribution in [0.4, 0.5) is 5.69 Å². The Morgan fingerprint density at radius 3 is 2.59 bits per heavy atom. The number of carbonyl (C=O) groups is 2. The molecule has 6 heteroatoms. The van der Waals surface area contributed by atoms with Gasteiger partial charge in [-0.15, -0.1) is 0 Å². The summed E-state index contributed by atoms with van der Waals surface area (Å²) in [5.74, 6) is -1.59. The molecule has 0 spiro atoms. The van der Waals surface area contributed by atoms with E-state index in [1.807, 2.05) is 12.1 Å². The van der Waals surface area contributed by atoms with Crippen LogP contribution in [-0.2, 0) is 14.3 Å². The number of amides is 1. The lowest BCUT2D eigenvalue weighted by atomic mass is 9.73. The van der Waals surface area contributed by atoms with Crippen LogP contribution in [0.2, 0.25) is 0 Å². The van der Waals surface area contributed by atoms with Gasteiger partial charge in [-0.05, 0) is 25.0 Å². The number of nitrogens with one attached hydrogen (secondary N) is 1. The largest absolute Gasteiger partial charge is 0.486 e. The van der Waals surface area contributed by atoms with Crippen LogP contribution in [-0.4, -0.2) is 36.3 Å². The molecule has 6 nitrogen and oxygen atoms in total. The van der Waals surface area contributed by atoms with Crippen LogP contribution in [0, 0.1) is 11.8 Å². The maximum absolute atomic E-state index is 12.2. The lowest BCUT2D eigenvalue weighted by molar-refractivity contribution is -0.151. The van der Waals surface area contributed by atoms with Crippen molar-refractivity contribution in [2.75, 3.05) is 18.5 Å². The quantitative estimate of drug-likeness (QED) is 0.868. The maximum atomic E-state index is 12.2. The van der Waals surface area contributed by atoms with Crippen molar-refractivity contribution in [3.05, 3.63) is 24.3 Å². The van der Waals surface area contributed by atoms with Gasteiger partial charge in [-0.2, -0.15) is 0 Å². The molecule has 0 aromatic heterocycles. The topological polar surface area (TPSA) is 84.9 Å². The fraction of sp³-hybridized carbons (Fsp3) is 0.500. The molecule has 1 saturated carbocycles. The molecular weight excluding hydrogens is 286 g/mol. The van der Waals surface area contributed by atoms with Crippen molar-refractivity contribution in [2.45, 2.75) is 25.4 Å². The van der Waals surface area contributed by atoms with E-state index in [1.54, 1.807) is 12.1 Å². The minimum Gasteiger partial charge on any atom is -0.486 e. The van der Waals surface area contributed by atoms with Crippen LogP contribution in [0.5, 0.6) is 5.75 Å². The summed E-state index contributed by atoms with van der Waals surface area (Å²) in [6, 6.07) is 7.20. The van der Waals surface area contributed by atoms with Gasteiger partial charge in [0.1, 0.15) is 11.9 Å². The summed E-state index contributed by atoms with van der Waals surface area (Å²) in [5.41, 5.74) is 0.579. The first-order chi connectivity index (χ1) is 10.6. The second kappa shape index (κ2) is 6.36. The lowest BCUT2D eigenvalue weighted by Crippen LogP contribution is -2.41. The molecule has 1 aliphatic carbocycles. The molecule has 2 N–H and O–H groups in total. The summed E-state index contributed by atoms with van der Waals surface area (Å²) in [7, 11) is 0. The van der Waals surface area contributed by atoms with Crippen LogP contribution < -0.4 is 10.1 Å². The van der Waals surface area contributed by atoms with Crippen molar-refractivity contribution in [1.82, 2.24) is 0 Å². The van der Waals surface area contributed by atoms with Gasteiger partial charge in [0, 0.05) is 6.42 Å². The van der Waals surface area contributed by atoms with E-state index in [1.165, 1.54) is 0 Å². The number of ether oxygens (including phenoxy) is 2. The Labute approximate surface area is 128 Å². The van der Waals surface area contributed by atoms with Crippen molar-refractivity contribution in [3.63, 3.8) is 0 Å². The minimum atomic E-state index is -0.904. The Hall–Kier alpha value is -2.08. The number of anilines is 1. The second-order valence-electron chi connectivity index (χ2n) is 5.72. The van der Waals surface area contributed by atoms with Crippen molar-refractivity contribution in [2.24, 2.45) is 11.8 Å². The van der Waals surface area contributed by atoms with E-state index >= 15 is 0 Å². The SMILES string of the molecule is O=C(O)C1CCC1C(=O)Nc1ccccc1OC1CCOC1. The van der Waals surface area contributed by atoms with Gasteiger partial charge in [-0.25, -0.2) is 0 Å². The zero-order valence-electron chi connectivity index (χ0n) is 12.2. The van der Waals surface area contributed by atoms with E-state index in [0.717, 1.165) is 6.42 Å². The molecule has 3 unspecified atom stereocenters. The molecule has 2 fully saturated rings. The molecule has 0 radical (unpaired) electrons. The molecule has 2 aliphatic rings. The van der Waals surface area contributed by atoms with Crippen molar-refractivity contribution in [3.8, 4) is 5.75 Å². The first-order valence-electron chi connectivity index (χ1n) is 7.52. The maximum Gasteiger partial charge on any atom is 0.307 e. The zero-order chi connectivity index (χ0) is 15.5. The van der Waals surface area contributed by atoms with Gasteiger partial charge in [0.15, 0.2) is 0 Å². The highest BCUT2D eigenvalue weighted by Gasteiger charge is 2.41. The van der Waals surface area contributed by atoms with E-state index in [-0.39, 0.29) is 12.0 Å². The van der Waals surface area contributed by atoms with Gasteiger partial charge in [0.2, 0.25) is 5.91 Å². The number of benzene rings is 1. The zero-order valence-corrected chi connectivity index (χ0v) is 12.2. The highest BCUT2D eigenvalue weighted by molar-refractivity contribution is 5.97. The molecule has 1 aliphatic heterocycles. The second-order valence-corrected chi connectivity index (χ2v) is 5.72. The summed E-state index contributed by atoms with van der Waals surface area (Å²) < 4.78 is 11.1. The highest BCUT2D eigenvalue weighted by atomic mass is 16.5. The molecule has 3 atom stereocenters. The van der Waals surface area contributed by atoms with E-state index < -0.39 is 17.8 Å². The summed E-state index contributed by atoms with van der Waals surface area (Å²) in [5, 5.41) is 11.8. The minimum absolute atomic E-state index is 0.00600. The van der Waals surface area contributed by atoms with Crippen molar-refractivity contribution >= 4 is 17.6 Å². The molecular formula is C16H19NO5. The number of carbonyl (C=O) groups excluding carboxylic acids is 1. The molecule has 22 heavy (non-hydrogen) atoms. The van der Waals surface area contributed by atoms with Crippen LogP contribution in [0.3, 0.4) is 0 Å². The Balaban J connectivity index is 1.66. The summed E-state index contributed by atoms with van der Waals surface area (Å²) >= 11 is 0. The molecule has 1 aromatic rings. The molecule has 1 aromatic carbocycles. The van der Waals surface area contributed by atoms with Crippen LogP contribution in [0.1, 0.15) is 19.3 Å². The third-order valence-corrected chi connectivity index (χ3v) is 4.25. The van der Waals surface area contributed by atoms with Crippen molar-refractivity contribution in [1.29, 1.82) is 0 Å². The molecule has 3 rings (SSSR count). The van der Waals surface area contributed by atoms with Crippen LogP contribution in [0.25, 0.3) is 0 Å². The number of carboxylic acid groups (broad SMARTS) is 1. The van der Waals surface area contributed by atoms with Crippen molar-refractivity contribution < 1.29 is 24.2 Å². The third-order valence-electron chi connectivity index (χ3n) is 4.25.